The molecular weight excluding hydrogens is 344 g/mol. The normalized spacial score (nSPS) is 28.7. The van der Waals surface area contributed by atoms with Crippen molar-refractivity contribution in [2.75, 3.05) is 46.2 Å². The van der Waals surface area contributed by atoms with Crippen molar-refractivity contribution in [1.82, 2.24) is 15.5 Å². The van der Waals surface area contributed by atoms with Crippen LogP contribution in [0.4, 0.5) is 0 Å². The van der Waals surface area contributed by atoms with Crippen molar-refractivity contribution < 1.29 is 4.74 Å². The van der Waals surface area contributed by atoms with Crippen LogP contribution in [-0.2, 0) is 4.74 Å². The first kappa shape index (κ1) is 20.3. The fraction of sp³-hybridized carbons (Fsp3) is 0.950. The lowest BCUT2D eigenvalue weighted by Crippen LogP contribution is -2.55. The summed E-state index contributed by atoms with van der Waals surface area (Å²) in [6.45, 7) is 5.19. The van der Waals surface area contributed by atoms with E-state index < -0.39 is 0 Å². The Bertz CT molecular complexity index is 447. The van der Waals surface area contributed by atoms with E-state index in [0.717, 1.165) is 44.6 Å². The highest BCUT2D eigenvalue weighted by molar-refractivity contribution is 8.00. The lowest BCUT2D eigenvalue weighted by molar-refractivity contribution is 0.0782. The quantitative estimate of drug-likeness (QED) is 0.566. The van der Waals surface area contributed by atoms with Gasteiger partial charge in [-0.1, -0.05) is 19.3 Å². The smallest absolute Gasteiger partial charge is 0.191 e. The van der Waals surface area contributed by atoms with E-state index in [-0.39, 0.29) is 4.75 Å². The van der Waals surface area contributed by atoms with E-state index in [1.165, 1.54) is 58.0 Å². The van der Waals surface area contributed by atoms with Gasteiger partial charge in [0.1, 0.15) is 0 Å². The number of likely N-dealkylation sites (tertiary alicyclic amines) is 1. The third-order valence-electron chi connectivity index (χ3n) is 6.52. The molecule has 0 aromatic carbocycles. The summed E-state index contributed by atoms with van der Waals surface area (Å²) in [5.41, 5.74) is 0. The fourth-order valence-corrected chi connectivity index (χ4v) is 5.52. The average molecular weight is 383 g/mol. The van der Waals surface area contributed by atoms with E-state index in [1.807, 2.05) is 18.8 Å². The zero-order valence-corrected chi connectivity index (χ0v) is 17.6. The Morgan fingerprint density at radius 1 is 1.15 bits per heavy atom. The second-order valence-corrected chi connectivity index (χ2v) is 9.47. The monoisotopic (exact) mass is 382 g/mol. The predicted octanol–water partition coefficient (Wildman–Crippen LogP) is 2.86. The first-order valence-corrected chi connectivity index (χ1v) is 11.8. The standard InChI is InChI=1S/C20H38N4OS/c1-21-19(22-16-20(26-2)10-13-25-14-11-20)23-17-7-6-12-24(15-17)18-8-4-3-5-9-18/h17-18H,3-16H2,1-2H3,(H2,21,22,23). The number of hydrogen-bond donors (Lipinski definition) is 2. The molecule has 0 aromatic heterocycles. The van der Waals surface area contributed by atoms with E-state index in [9.17, 15) is 0 Å². The predicted molar refractivity (Wildman–Crippen MR) is 112 cm³/mol. The van der Waals surface area contributed by atoms with Crippen LogP contribution in [0.2, 0.25) is 0 Å². The number of ether oxygens (including phenoxy) is 1. The van der Waals surface area contributed by atoms with Crippen molar-refractivity contribution in [3.05, 3.63) is 0 Å². The van der Waals surface area contributed by atoms with E-state index >= 15 is 0 Å². The molecule has 2 N–H and O–H groups in total. The number of thioether (sulfide) groups is 1. The van der Waals surface area contributed by atoms with E-state index in [0.29, 0.717) is 6.04 Å². The highest BCUT2D eigenvalue weighted by atomic mass is 32.2. The molecule has 3 aliphatic rings. The average Bonchev–Trinajstić information content (AvgIpc) is 2.72. The van der Waals surface area contributed by atoms with Crippen LogP contribution in [-0.4, -0.2) is 73.8 Å². The summed E-state index contributed by atoms with van der Waals surface area (Å²) >= 11 is 1.98. The van der Waals surface area contributed by atoms with Gasteiger partial charge >= 0.3 is 0 Å². The molecule has 2 heterocycles. The number of nitrogens with zero attached hydrogens (tertiary/aromatic N) is 2. The Morgan fingerprint density at radius 3 is 2.62 bits per heavy atom. The van der Waals surface area contributed by atoms with Gasteiger partial charge in [0.15, 0.2) is 5.96 Å². The Morgan fingerprint density at radius 2 is 1.92 bits per heavy atom. The molecule has 6 heteroatoms. The topological polar surface area (TPSA) is 48.9 Å². The molecule has 26 heavy (non-hydrogen) atoms. The summed E-state index contributed by atoms with van der Waals surface area (Å²) in [4.78, 5) is 7.25. The maximum absolute atomic E-state index is 5.56. The third-order valence-corrected chi connectivity index (χ3v) is 7.94. The van der Waals surface area contributed by atoms with Gasteiger partial charge in [-0.15, -0.1) is 0 Å². The van der Waals surface area contributed by atoms with Gasteiger partial charge in [-0.25, -0.2) is 0 Å². The van der Waals surface area contributed by atoms with E-state index in [4.69, 9.17) is 4.74 Å². The molecule has 2 aliphatic heterocycles. The summed E-state index contributed by atoms with van der Waals surface area (Å²) in [7, 11) is 1.90. The van der Waals surface area contributed by atoms with Gasteiger partial charge in [0, 0.05) is 50.2 Å². The highest BCUT2D eigenvalue weighted by Gasteiger charge is 2.32. The van der Waals surface area contributed by atoms with Crippen molar-refractivity contribution >= 4 is 17.7 Å². The second kappa shape index (κ2) is 10.2. The molecule has 3 rings (SSSR count). The maximum atomic E-state index is 5.56. The van der Waals surface area contributed by atoms with Gasteiger partial charge in [-0.2, -0.15) is 11.8 Å². The summed E-state index contributed by atoms with van der Waals surface area (Å²) in [6, 6.07) is 1.35. The lowest BCUT2D eigenvalue weighted by Gasteiger charge is -2.41. The summed E-state index contributed by atoms with van der Waals surface area (Å²) in [6.07, 6.45) is 14.1. The van der Waals surface area contributed by atoms with Crippen molar-refractivity contribution in [1.29, 1.82) is 0 Å². The van der Waals surface area contributed by atoms with E-state index in [2.05, 4.69) is 26.8 Å². The first-order valence-electron chi connectivity index (χ1n) is 10.6. The largest absolute Gasteiger partial charge is 0.381 e. The summed E-state index contributed by atoms with van der Waals surface area (Å²) in [5, 5.41) is 7.33. The number of aliphatic imine (C=N–C) groups is 1. The molecule has 150 valence electrons. The van der Waals surface area contributed by atoms with Crippen LogP contribution in [0.15, 0.2) is 4.99 Å². The molecule has 1 aliphatic carbocycles. The zero-order chi connectivity index (χ0) is 18.2. The van der Waals surface area contributed by atoms with Crippen molar-refractivity contribution in [2.45, 2.75) is 74.6 Å². The minimum atomic E-state index is 0.288. The minimum absolute atomic E-state index is 0.288. The van der Waals surface area contributed by atoms with Gasteiger partial charge < -0.3 is 15.4 Å². The van der Waals surface area contributed by atoms with Crippen molar-refractivity contribution in [2.24, 2.45) is 4.99 Å². The molecule has 0 radical (unpaired) electrons. The van der Waals surface area contributed by atoms with Gasteiger partial charge in [0.05, 0.1) is 0 Å². The van der Waals surface area contributed by atoms with Crippen LogP contribution in [0, 0.1) is 0 Å². The number of hydrogen-bond acceptors (Lipinski definition) is 4. The number of rotatable bonds is 5. The molecular formula is C20H38N4OS. The summed E-state index contributed by atoms with van der Waals surface area (Å²) in [5.74, 6) is 0.973. The Labute approximate surface area is 164 Å². The molecule has 1 saturated carbocycles. The molecule has 2 saturated heterocycles. The molecule has 0 bridgehead atoms. The van der Waals surface area contributed by atoms with Crippen LogP contribution in [0.1, 0.15) is 57.8 Å². The van der Waals surface area contributed by atoms with Crippen LogP contribution >= 0.6 is 11.8 Å². The van der Waals surface area contributed by atoms with Crippen LogP contribution < -0.4 is 10.6 Å². The highest BCUT2D eigenvalue weighted by Crippen LogP contribution is 2.33. The van der Waals surface area contributed by atoms with Crippen molar-refractivity contribution in [3.63, 3.8) is 0 Å². The Hall–Kier alpha value is -0.460. The maximum Gasteiger partial charge on any atom is 0.191 e. The lowest BCUT2D eigenvalue weighted by atomic mass is 9.92. The Kier molecular flexibility index (Phi) is 7.94. The SMILES string of the molecule is CN=C(NCC1(SC)CCOCC1)NC1CCCN(C2CCCCC2)C1. The molecule has 1 unspecified atom stereocenters. The number of nitrogens with one attached hydrogen (secondary N) is 2. The molecule has 0 spiro atoms. The van der Waals surface area contributed by atoms with Gasteiger partial charge in [-0.3, -0.25) is 9.89 Å². The number of piperidine rings is 1. The van der Waals surface area contributed by atoms with E-state index in [1.54, 1.807) is 0 Å². The fourth-order valence-electron chi connectivity index (χ4n) is 4.73. The van der Waals surface area contributed by atoms with Crippen LogP contribution in [0.5, 0.6) is 0 Å². The van der Waals surface area contributed by atoms with Gasteiger partial charge in [0.2, 0.25) is 0 Å². The number of guanidine groups is 1. The minimum Gasteiger partial charge on any atom is -0.381 e. The van der Waals surface area contributed by atoms with Crippen molar-refractivity contribution in [3.8, 4) is 0 Å². The first-order chi connectivity index (χ1) is 12.7. The second-order valence-electron chi connectivity index (χ2n) is 8.20. The zero-order valence-electron chi connectivity index (χ0n) is 16.8. The van der Waals surface area contributed by atoms with Crippen LogP contribution in [0.25, 0.3) is 0 Å². The molecule has 3 fully saturated rings. The molecule has 5 nitrogen and oxygen atoms in total. The molecule has 0 amide bonds. The molecule has 1 atom stereocenters. The Balaban J connectivity index is 1.47. The molecule has 0 aromatic rings. The van der Waals surface area contributed by atoms with Gasteiger partial charge in [-0.05, 0) is 51.3 Å². The third kappa shape index (κ3) is 5.52. The summed E-state index contributed by atoms with van der Waals surface area (Å²) < 4.78 is 5.85. The van der Waals surface area contributed by atoms with Crippen LogP contribution in [0.3, 0.4) is 0 Å². The van der Waals surface area contributed by atoms with Gasteiger partial charge in [0.25, 0.3) is 0 Å².